The van der Waals surface area contributed by atoms with Crippen molar-refractivity contribution in [3.8, 4) is 5.75 Å². The summed E-state index contributed by atoms with van der Waals surface area (Å²) in [6, 6.07) is 9.27. The molecule has 2 unspecified atom stereocenters. The molecule has 0 radical (unpaired) electrons. The van der Waals surface area contributed by atoms with Crippen molar-refractivity contribution in [1.29, 1.82) is 0 Å². The molecule has 1 aliphatic heterocycles. The molecule has 1 N–H and O–H groups in total. The third kappa shape index (κ3) is 4.40. The maximum absolute atomic E-state index is 5.96. The number of benzene rings is 1. The lowest BCUT2D eigenvalue weighted by Crippen LogP contribution is -2.47. The van der Waals surface area contributed by atoms with E-state index in [4.69, 9.17) is 4.74 Å². The third-order valence-corrected chi connectivity index (χ3v) is 5.38. The van der Waals surface area contributed by atoms with E-state index in [-0.39, 0.29) is 6.10 Å². The predicted octanol–water partition coefficient (Wildman–Crippen LogP) is 4.66. The summed E-state index contributed by atoms with van der Waals surface area (Å²) in [5.74, 6) is 3.49. The first-order valence-electron chi connectivity index (χ1n) is 7.99. The Balaban J connectivity index is 2.11. The van der Waals surface area contributed by atoms with Crippen LogP contribution in [0.1, 0.15) is 52.6 Å². The highest BCUT2D eigenvalue weighted by Crippen LogP contribution is 2.36. The SMILES string of the molecule is CC(C)Oc1ccccc1C(C)NC1CSCCC1(C)C. The van der Waals surface area contributed by atoms with Gasteiger partial charge in [-0.2, -0.15) is 11.8 Å². The van der Waals surface area contributed by atoms with Crippen LogP contribution in [0.5, 0.6) is 5.75 Å². The summed E-state index contributed by atoms with van der Waals surface area (Å²) in [4.78, 5) is 0. The van der Waals surface area contributed by atoms with Gasteiger partial charge in [0.15, 0.2) is 0 Å². The Hall–Kier alpha value is -0.670. The first-order chi connectivity index (χ1) is 9.90. The summed E-state index contributed by atoms with van der Waals surface area (Å²) in [7, 11) is 0. The van der Waals surface area contributed by atoms with Gasteiger partial charge in [-0.15, -0.1) is 0 Å². The smallest absolute Gasteiger partial charge is 0.124 e. The van der Waals surface area contributed by atoms with Gasteiger partial charge in [-0.25, -0.2) is 0 Å². The van der Waals surface area contributed by atoms with E-state index in [0.717, 1.165) is 5.75 Å². The van der Waals surface area contributed by atoms with Gasteiger partial charge < -0.3 is 10.1 Å². The van der Waals surface area contributed by atoms with Gasteiger partial charge in [0.25, 0.3) is 0 Å². The van der Waals surface area contributed by atoms with Gasteiger partial charge in [-0.1, -0.05) is 32.0 Å². The lowest BCUT2D eigenvalue weighted by molar-refractivity contribution is 0.221. The number of rotatable bonds is 5. The van der Waals surface area contributed by atoms with Gasteiger partial charge in [0.1, 0.15) is 5.75 Å². The molecular weight excluding hydrogens is 278 g/mol. The van der Waals surface area contributed by atoms with Gasteiger partial charge in [0.05, 0.1) is 6.10 Å². The molecule has 0 bridgehead atoms. The summed E-state index contributed by atoms with van der Waals surface area (Å²) in [5, 5.41) is 3.84. The van der Waals surface area contributed by atoms with Crippen LogP contribution in [0.25, 0.3) is 0 Å². The highest BCUT2D eigenvalue weighted by atomic mass is 32.2. The Morgan fingerprint density at radius 2 is 1.95 bits per heavy atom. The van der Waals surface area contributed by atoms with Crippen LogP contribution in [0, 0.1) is 5.41 Å². The fourth-order valence-electron chi connectivity index (χ4n) is 2.80. The van der Waals surface area contributed by atoms with Gasteiger partial charge >= 0.3 is 0 Å². The van der Waals surface area contributed by atoms with Crippen LogP contribution in [0.3, 0.4) is 0 Å². The van der Waals surface area contributed by atoms with E-state index in [9.17, 15) is 0 Å². The Bertz CT molecular complexity index is 458. The normalized spacial score (nSPS) is 23.0. The Kier molecular flexibility index (Phi) is 5.61. The van der Waals surface area contributed by atoms with E-state index < -0.39 is 0 Å². The van der Waals surface area contributed by atoms with Gasteiger partial charge in [-0.3, -0.25) is 0 Å². The van der Waals surface area contributed by atoms with E-state index in [1.807, 2.05) is 6.07 Å². The first-order valence-corrected chi connectivity index (χ1v) is 9.15. The zero-order valence-electron chi connectivity index (χ0n) is 14.0. The van der Waals surface area contributed by atoms with Crippen LogP contribution in [-0.4, -0.2) is 23.7 Å². The minimum absolute atomic E-state index is 0.208. The molecule has 1 fully saturated rings. The topological polar surface area (TPSA) is 21.3 Å². The number of hydrogen-bond acceptors (Lipinski definition) is 3. The van der Waals surface area contributed by atoms with E-state index in [1.165, 1.54) is 23.5 Å². The monoisotopic (exact) mass is 307 g/mol. The number of nitrogens with one attached hydrogen (secondary N) is 1. The van der Waals surface area contributed by atoms with Crippen molar-refractivity contribution in [3.05, 3.63) is 29.8 Å². The van der Waals surface area contributed by atoms with Gasteiger partial charge in [0, 0.05) is 23.4 Å². The molecule has 2 rings (SSSR count). The summed E-state index contributed by atoms with van der Waals surface area (Å²) >= 11 is 2.06. The number of ether oxygens (including phenoxy) is 1. The van der Waals surface area contributed by atoms with Crippen LogP contribution in [0.2, 0.25) is 0 Å². The number of para-hydroxylation sites is 1. The first kappa shape index (κ1) is 16.7. The molecule has 0 saturated carbocycles. The molecule has 1 saturated heterocycles. The van der Waals surface area contributed by atoms with Crippen LogP contribution >= 0.6 is 11.8 Å². The summed E-state index contributed by atoms with van der Waals surface area (Å²) < 4.78 is 5.96. The van der Waals surface area contributed by atoms with Crippen LogP contribution in [0.4, 0.5) is 0 Å². The largest absolute Gasteiger partial charge is 0.491 e. The van der Waals surface area contributed by atoms with Gasteiger partial charge in [0.2, 0.25) is 0 Å². The second-order valence-corrected chi connectivity index (χ2v) is 8.11. The molecule has 3 heteroatoms. The standard InChI is InChI=1S/C18H29NOS/c1-13(2)20-16-9-7-6-8-15(16)14(3)19-17-12-21-11-10-18(17,4)5/h6-9,13-14,17,19H,10-12H2,1-5H3. The minimum Gasteiger partial charge on any atom is -0.491 e. The van der Waals surface area contributed by atoms with E-state index in [1.54, 1.807) is 0 Å². The van der Waals surface area contributed by atoms with Crippen molar-refractivity contribution in [2.24, 2.45) is 5.41 Å². The van der Waals surface area contributed by atoms with Crippen molar-refractivity contribution in [2.45, 2.75) is 59.2 Å². The minimum atomic E-state index is 0.208. The lowest BCUT2D eigenvalue weighted by atomic mass is 9.81. The Morgan fingerprint density at radius 3 is 2.62 bits per heavy atom. The zero-order valence-corrected chi connectivity index (χ0v) is 14.8. The molecule has 0 amide bonds. The molecule has 0 aromatic heterocycles. The van der Waals surface area contributed by atoms with Gasteiger partial charge in [-0.05, 0) is 44.4 Å². The summed E-state index contributed by atoms with van der Waals surface area (Å²) in [6.07, 6.45) is 1.49. The van der Waals surface area contributed by atoms with Crippen molar-refractivity contribution < 1.29 is 4.74 Å². The molecule has 0 spiro atoms. The molecule has 118 valence electrons. The highest BCUT2D eigenvalue weighted by molar-refractivity contribution is 7.99. The Morgan fingerprint density at radius 1 is 1.24 bits per heavy atom. The van der Waals surface area contributed by atoms with Crippen LogP contribution in [-0.2, 0) is 0 Å². The van der Waals surface area contributed by atoms with Crippen molar-refractivity contribution >= 4 is 11.8 Å². The molecule has 2 atom stereocenters. The summed E-state index contributed by atoms with van der Waals surface area (Å²) in [5.41, 5.74) is 1.63. The molecule has 1 aromatic rings. The molecule has 21 heavy (non-hydrogen) atoms. The van der Waals surface area contributed by atoms with E-state index in [2.05, 4.69) is 69.9 Å². The van der Waals surface area contributed by atoms with Crippen molar-refractivity contribution in [1.82, 2.24) is 5.32 Å². The van der Waals surface area contributed by atoms with Crippen molar-refractivity contribution in [3.63, 3.8) is 0 Å². The average molecular weight is 308 g/mol. The average Bonchev–Trinajstić information content (AvgIpc) is 2.41. The highest BCUT2D eigenvalue weighted by Gasteiger charge is 2.33. The zero-order chi connectivity index (χ0) is 15.5. The Labute approximate surface area is 134 Å². The fourth-order valence-corrected chi connectivity index (χ4v) is 4.42. The predicted molar refractivity (Wildman–Crippen MR) is 93.3 cm³/mol. The third-order valence-electron chi connectivity index (χ3n) is 4.32. The maximum atomic E-state index is 5.96. The van der Waals surface area contributed by atoms with E-state index >= 15 is 0 Å². The maximum Gasteiger partial charge on any atom is 0.124 e. The molecule has 0 aliphatic carbocycles. The molecule has 1 aliphatic rings. The van der Waals surface area contributed by atoms with Crippen molar-refractivity contribution in [2.75, 3.05) is 11.5 Å². The lowest BCUT2D eigenvalue weighted by Gasteiger charge is -2.40. The fraction of sp³-hybridized carbons (Fsp3) is 0.667. The molecule has 2 nitrogen and oxygen atoms in total. The molecule has 1 aromatic carbocycles. The van der Waals surface area contributed by atoms with Crippen LogP contribution in [0.15, 0.2) is 24.3 Å². The van der Waals surface area contributed by atoms with E-state index in [0.29, 0.717) is 17.5 Å². The second-order valence-electron chi connectivity index (χ2n) is 6.96. The number of hydrogen-bond donors (Lipinski definition) is 1. The second kappa shape index (κ2) is 7.06. The number of thioether (sulfide) groups is 1. The van der Waals surface area contributed by atoms with Crippen LogP contribution < -0.4 is 10.1 Å². The molecule has 1 heterocycles. The summed E-state index contributed by atoms with van der Waals surface area (Å²) in [6.45, 7) is 11.2. The molecular formula is C18H29NOS. The quantitative estimate of drug-likeness (QED) is 0.855.